The van der Waals surface area contributed by atoms with Gasteiger partial charge in [-0.1, -0.05) is 121 Å². The molecule has 0 unspecified atom stereocenters. The van der Waals surface area contributed by atoms with Gasteiger partial charge in [0, 0.05) is 22.7 Å². The Balaban J connectivity index is 1.67. The summed E-state index contributed by atoms with van der Waals surface area (Å²) in [5, 5.41) is 0. The highest BCUT2D eigenvalue weighted by atomic mass is 32.2. The number of rotatable bonds is 8. The van der Waals surface area contributed by atoms with Crippen molar-refractivity contribution in [3.05, 3.63) is 166 Å². The molecule has 6 nitrogen and oxygen atoms in total. The van der Waals surface area contributed by atoms with Crippen molar-refractivity contribution in [2.45, 2.75) is 19.3 Å². The lowest BCUT2D eigenvalue weighted by atomic mass is 9.52. The van der Waals surface area contributed by atoms with E-state index in [-0.39, 0.29) is 29.1 Å². The first kappa shape index (κ1) is 29.3. The number of hydrogen-bond donors (Lipinski definition) is 2. The second-order valence-electron chi connectivity index (χ2n) is 11.6. The third-order valence-electron chi connectivity index (χ3n) is 9.06. The van der Waals surface area contributed by atoms with E-state index in [0.29, 0.717) is 0 Å². The van der Waals surface area contributed by atoms with Crippen LogP contribution in [0.2, 0.25) is 0 Å². The summed E-state index contributed by atoms with van der Waals surface area (Å²) in [6.45, 7) is 0. The molecule has 0 saturated heterocycles. The van der Waals surface area contributed by atoms with Crippen LogP contribution in [0.15, 0.2) is 155 Å². The molecule has 8 heteroatoms. The van der Waals surface area contributed by atoms with Gasteiger partial charge in [0.15, 0.2) is 0 Å². The van der Waals surface area contributed by atoms with Crippen molar-refractivity contribution < 1.29 is 25.9 Å². The lowest BCUT2D eigenvalue weighted by Crippen LogP contribution is -2.49. The van der Waals surface area contributed by atoms with Gasteiger partial charge in [-0.25, -0.2) is 0 Å². The summed E-state index contributed by atoms with van der Waals surface area (Å²) in [4.78, 5) is -0.350. The third-order valence-corrected chi connectivity index (χ3v) is 11.3. The lowest BCUT2D eigenvalue weighted by Gasteiger charge is -2.53. The molecule has 0 bridgehead atoms. The minimum absolute atomic E-state index is 0.0125. The maximum absolute atomic E-state index is 13.3. The van der Waals surface area contributed by atoms with Crippen molar-refractivity contribution >= 4 is 20.2 Å². The predicted octanol–water partition coefficient (Wildman–Crippen LogP) is 6.74. The van der Waals surface area contributed by atoms with Crippen molar-refractivity contribution in [3.63, 3.8) is 0 Å². The van der Waals surface area contributed by atoms with Crippen LogP contribution >= 0.6 is 0 Å². The van der Waals surface area contributed by atoms with E-state index in [9.17, 15) is 25.9 Å². The molecule has 220 valence electrons. The fourth-order valence-electron chi connectivity index (χ4n) is 7.50. The van der Waals surface area contributed by atoms with Crippen LogP contribution in [-0.4, -0.2) is 25.9 Å². The molecule has 2 aromatic rings. The molecule has 0 aliphatic heterocycles. The molecule has 4 aliphatic carbocycles. The van der Waals surface area contributed by atoms with Crippen LogP contribution in [-0.2, 0) is 33.1 Å². The van der Waals surface area contributed by atoms with Crippen molar-refractivity contribution in [2.24, 2.45) is 22.7 Å². The summed E-state index contributed by atoms with van der Waals surface area (Å²) in [6, 6.07) is 18.9. The Labute approximate surface area is 253 Å². The van der Waals surface area contributed by atoms with Gasteiger partial charge in [0.05, 0.1) is 9.81 Å². The second-order valence-corrected chi connectivity index (χ2v) is 14.4. The topological polar surface area (TPSA) is 109 Å². The standard InChI is InChI=1S/C35H32O6S2/c36-42(37,38)32-21-19-28-15-7-9-17-30(28)34(32,23-26-11-3-1-4-12-26)25-35(24-27-13-5-2-6-14-27)31-18-10-8-16-29(31)20-22-33(35)43(39,40)41/h1-22,30-31H,23-25H2,(H,36,37,38)(H,39,40,41)/t30-,31+,34-,35-/m0/s1. The molecule has 2 N–H and O–H groups in total. The van der Waals surface area contributed by atoms with E-state index in [1.807, 2.05) is 109 Å². The van der Waals surface area contributed by atoms with E-state index in [2.05, 4.69) is 0 Å². The van der Waals surface area contributed by atoms with Crippen LogP contribution in [0.4, 0.5) is 0 Å². The molecule has 4 aliphatic rings. The predicted molar refractivity (Wildman–Crippen MR) is 169 cm³/mol. The molecule has 0 saturated carbocycles. The van der Waals surface area contributed by atoms with Crippen LogP contribution in [0.3, 0.4) is 0 Å². The molecule has 0 heterocycles. The molecule has 6 rings (SSSR count). The van der Waals surface area contributed by atoms with Gasteiger partial charge in [-0.05, 0) is 53.7 Å². The van der Waals surface area contributed by atoms with E-state index < -0.39 is 42.9 Å². The lowest BCUT2D eigenvalue weighted by molar-refractivity contribution is 0.138. The Kier molecular flexibility index (Phi) is 7.50. The molecular weight excluding hydrogens is 581 g/mol. The molecular formula is C35H32O6S2. The zero-order valence-corrected chi connectivity index (χ0v) is 25.0. The highest BCUT2D eigenvalue weighted by Gasteiger charge is 2.58. The molecule has 0 aromatic heterocycles. The molecule has 0 spiro atoms. The molecule has 43 heavy (non-hydrogen) atoms. The molecule has 0 fully saturated rings. The fraction of sp³-hybridized carbons (Fsp3) is 0.200. The van der Waals surface area contributed by atoms with Gasteiger partial charge in [0.2, 0.25) is 0 Å². The van der Waals surface area contributed by atoms with Gasteiger partial charge in [-0.2, -0.15) is 16.8 Å². The summed E-state index contributed by atoms with van der Waals surface area (Å²) in [5.74, 6) is -1.01. The Hall–Kier alpha value is -3.82. The second kappa shape index (κ2) is 11.0. The normalized spacial score (nSPS) is 27.9. The smallest absolute Gasteiger partial charge is 0.282 e. The van der Waals surface area contributed by atoms with Gasteiger partial charge < -0.3 is 0 Å². The van der Waals surface area contributed by atoms with E-state index in [1.54, 1.807) is 12.2 Å². The Bertz CT molecular complexity index is 1750. The van der Waals surface area contributed by atoms with Crippen LogP contribution in [0.5, 0.6) is 0 Å². The largest absolute Gasteiger partial charge is 0.291 e. The summed E-state index contributed by atoms with van der Waals surface area (Å²) in [5.41, 5.74) is 0.720. The molecule has 4 atom stereocenters. The summed E-state index contributed by atoms with van der Waals surface area (Å²) in [6.07, 6.45) is 21.8. The van der Waals surface area contributed by atoms with Gasteiger partial charge >= 0.3 is 0 Å². The maximum atomic E-state index is 13.3. The van der Waals surface area contributed by atoms with Gasteiger partial charge in [0.25, 0.3) is 20.2 Å². The highest BCUT2D eigenvalue weighted by molar-refractivity contribution is 7.90. The molecule has 2 aromatic carbocycles. The SMILES string of the molecule is O=S(=O)(O)C1=CC=C2C=CC=C[C@H]2[C@]1(Cc1ccccc1)C[C@]1(Cc2ccccc2)C(S(=O)(=O)O)=CC=C2C=CC=C[C@@H]21. The number of hydrogen-bond acceptors (Lipinski definition) is 4. The van der Waals surface area contributed by atoms with Gasteiger partial charge in [0.1, 0.15) is 0 Å². The van der Waals surface area contributed by atoms with Crippen molar-refractivity contribution in [3.8, 4) is 0 Å². The highest BCUT2D eigenvalue weighted by Crippen LogP contribution is 2.61. The molecule has 0 amide bonds. The van der Waals surface area contributed by atoms with Crippen LogP contribution in [0.1, 0.15) is 17.5 Å². The van der Waals surface area contributed by atoms with Crippen molar-refractivity contribution in [1.82, 2.24) is 0 Å². The average Bonchev–Trinajstić information content (AvgIpc) is 2.97. The Morgan fingerprint density at radius 3 is 1.33 bits per heavy atom. The van der Waals surface area contributed by atoms with E-state index in [1.165, 1.54) is 12.2 Å². The van der Waals surface area contributed by atoms with E-state index in [0.717, 1.165) is 22.3 Å². The van der Waals surface area contributed by atoms with Crippen molar-refractivity contribution in [1.29, 1.82) is 0 Å². The minimum Gasteiger partial charge on any atom is -0.282 e. The fourth-order valence-corrected chi connectivity index (χ4v) is 9.55. The number of benzene rings is 2. The third kappa shape index (κ3) is 5.40. The Morgan fingerprint density at radius 2 is 0.953 bits per heavy atom. The van der Waals surface area contributed by atoms with Gasteiger partial charge in [-0.15, -0.1) is 0 Å². The minimum atomic E-state index is -4.76. The number of fused-ring (bicyclic) bond motifs is 2. The zero-order chi connectivity index (χ0) is 30.3. The van der Waals surface area contributed by atoms with E-state index >= 15 is 0 Å². The van der Waals surface area contributed by atoms with E-state index in [4.69, 9.17) is 0 Å². The monoisotopic (exact) mass is 612 g/mol. The number of allylic oxidation sites excluding steroid dienone is 16. The molecule has 0 radical (unpaired) electrons. The summed E-state index contributed by atoms with van der Waals surface area (Å²) >= 11 is 0. The zero-order valence-electron chi connectivity index (χ0n) is 23.3. The summed E-state index contributed by atoms with van der Waals surface area (Å²) < 4.78 is 75.0. The quantitative estimate of drug-likeness (QED) is 0.320. The first-order valence-electron chi connectivity index (χ1n) is 14.1. The average molecular weight is 613 g/mol. The Morgan fingerprint density at radius 1 is 0.558 bits per heavy atom. The first-order chi connectivity index (χ1) is 20.5. The van der Waals surface area contributed by atoms with Crippen LogP contribution in [0, 0.1) is 22.7 Å². The summed E-state index contributed by atoms with van der Waals surface area (Å²) in [7, 11) is -9.51. The van der Waals surface area contributed by atoms with Crippen molar-refractivity contribution in [2.75, 3.05) is 0 Å². The van der Waals surface area contributed by atoms with Gasteiger partial charge in [-0.3, -0.25) is 9.11 Å². The first-order valence-corrected chi connectivity index (χ1v) is 17.0. The van der Waals surface area contributed by atoms with Crippen LogP contribution < -0.4 is 0 Å². The maximum Gasteiger partial charge on any atom is 0.291 e. The van der Waals surface area contributed by atoms with Crippen LogP contribution in [0.25, 0.3) is 0 Å².